The lowest BCUT2D eigenvalue weighted by Gasteiger charge is -2.20. The summed E-state index contributed by atoms with van der Waals surface area (Å²) in [7, 11) is 1.55. The molecule has 106 valence electrons. The van der Waals surface area contributed by atoms with E-state index >= 15 is 0 Å². The molecule has 1 saturated heterocycles. The van der Waals surface area contributed by atoms with Crippen molar-refractivity contribution in [3.05, 3.63) is 11.2 Å². The zero-order valence-corrected chi connectivity index (χ0v) is 12.1. The van der Waals surface area contributed by atoms with Crippen LogP contribution in [0.3, 0.4) is 0 Å². The fourth-order valence-electron chi connectivity index (χ4n) is 2.27. The van der Waals surface area contributed by atoms with Crippen LogP contribution in [0.5, 0.6) is 6.01 Å². The summed E-state index contributed by atoms with van der Waals surface area (Å²) in [5.74, 6) is 0.642. The summed E-state index contributed by atoms with van der Waals surface area (Å²) in [5.41, 5.74) is 0. The molecule has 0 aliphatic carbocycles. The second-order valence-electron chi connectivity index (χ2n) is 4.74. The normalized spacial score (nSPS) is 16.9. The number of hydrogen-bond acceptors (Lipinski definition) is 5. The zero-order chi connectivity index (χ0) is 13.5. The van der Waals surface area contributed by atoms with Crippen LogP contribution >= 0.6 is 11.6 Å². The number of halogens is 1. The van der Waals surface area contributed by atoms with Gasteiger partial charge in [0.2, 0.25) is 0 Å². The predicted octanol–water partition coefficient (Wildman–Crippen LogP) is 2.43. The standard InChI is InChI=1S/C13H21ClN4O/c1-19-13-16-10-11(14)12(17-13)15-6-9-18-7-4-2-3-5-8-18/h10H,2-9H2,1H3,(H,15,16,17). The minimum atomic E-state index is 0.335. The monoisotopic (exact) mass is 284 g/mol. The molecule has 0 atom stereocenters. The van der Waals surface area contributed by atoms with Crippen molar-refractivity contribution in [1.82, 2.24) is 14.9 Å². The SMILES string of the molecule is COc1ncc(Cl)c(NCCN2CCCCCC2)n1. The van der Waals surface area contributed by atoms with Crippen LogP contribution in [0.2, 0.25) is 5.02 Å². The molecule has 1 aromatic heterocycles. The number of nitrogens with one attached hydrogen (secondary N) is 1. The number of hydrogen-bond donors (Lipinski definition) is 1. The van der Waals surface area contributed by atoms with Gasteiger partial charge in [0.05, 0.1) is 13.3 Å². The van der Waals surface area contributed by atoms with Crippen molar-refractivity contribution in [3.8, 4) is 6.01 Å². The van der Waals surface area contributed by atoms with Crippen molar-refractivity contribution in [2.45, 2.75) is 25.7 Å². The van der Waals surface area contributed by atoms with Gasteiger partial charge in [-0.15, -0.1) is 0 Å². The summed E-state index contributed by atoms with van der Waals surface area (Å²) in [6.07, 6.45) is 6.89. The summed E-state index contributed by atoms with van der Waals surface area (Å²) in [6, 6.07) is 0.335. The van der Waals surface area contributed by atoms with Gasteiger partial charge in [-0.05, 0) is 25.9 Å². The molecular formula is C13H21ClN4O. The van der Waals surface area contributed by atoms with E-state index in [-0.39, 0.29) is 0 Å². The van der Waals surface area contributed by atoms with E-state index in [0.29, 0.717) is 16.9 Å². The quantitative estimate of drug-likeness (QED) is 0.900. The van der Waals surface area contributed by atoms with Crippen LogP contribution in [0.25, 0.3) is 0 Å². The third-order valence-electron chi connectivity index (χ3n) is 3.32. The number of ether oxygens (including phenoxy) is 1. The fraction of sp³-hybridized carbons (Fsp3) is 0.692. The average Bonchev–Trinajstić information content (AvgIpc) is 2.69. The Labute approximate surface area is 119 Å². The maximum Gasteiger partial charge on any atom is 0.318 e. The number of aromatic nitrogens is 2. The zero-order valence-electron chi connectivity index (χ0n) is 11.4. The molecule has 6 heteroatoms. The molecular weight excluding hydrogens is 264 g/mol. The molecule has 0 bridgehead atoms. The highest BCUT2D eigenvalue weighted by molar-refractivity contribution is 6.32. The molecule has 5 nitrogen and oxygen atoms in total. The minimum Gasteiger partial charge on any atom is -0.467 e. The third-order valence-corrected chi connectivity index (χ3v) is 3.60. The van der Waals surface area contributed by atoms with Crippen LogP contribution in [-0.2, 0) is 0 Å². The summed E-state index contributed by atoms with van der Waals surface area (Å²) in [5, 5.41) is 3.78. The van der Waals surface area contributed by atoms with E-state index < -0.39 is 0 Å². The lowest BCUT2D eigenvalue weighted by Crippen LogP contribution is -2.30. The number of rotatable bonds is 5. The highest BCUT2D eigenvalue weighted by Crippen LogP contribution is 2.19. The van der Waals surface area contributed by atoms with E-state index in [9.17, 15) is 0 Å². The van der Waals surface area contributed by atoms with Gasteiger partial charge in [0.1, 0.15) is 5.02 Å². The predicted molar refractivity (Wildman–Crippen MR) is 77.0 cm³/mol. The van der Waals surface area contributed by atoms with Gasteiger partial charge in [0.25, 0.3) is 0 Å². The molecule has 1 aromatic rings. The Kier molecular flexibility index (Phi) is 5.66. The largest absolute Gasteiger partial charge is 0.467 e. The topological polar surface area (TPSA) is 50.3 Å². The van der Waals surface area contributed by atoms with Gasteiger partial charge in [-0.3, -0.25) is 0 Å². The molecule has 0 radical (unpaired) electrons. The first kappa shape index (κ1) is 14.3. The first-order chi connectivity index (χ1) is 9.29. The molecule has 19 heavy (non-hydrogen) atoms. The molecule has 1 fully saturated rings. The highest BCUT2D eigenvalue weighted by atomic mass is 35.5. The van der Waals surface area contributed by atoms with Crippen LogP contribution in [0, 0.1) is 0 Å². The van der Waals surface area contributed by atoms with Crippen molar-refractivity contribution in [2.75, 3.05) is 38.6 Å². The first-order valence-electron chi connectivity index (χ1n) is 6.82. The molecule has 1 N–H and O–H groups in total. The second kappa shape index (κ2) is 7.50. The molecule has 0 aromatic carbocycles. The Morgan fingerprint density at radius 1 is 1.32 bits per heavy atom. The van der Waals surface area contributed by atoms with Crippen LogP contribution in [0.15, 0.2) is 6.20 Å². The Balaban J connectivity index is 1.81. The first-order valence-corrected chi connectivity index (χ1v) is 7.20. The number of nitrogens with zero attached hydrogens (tertiary/aromatic N) is 3. The van der Waals surface area contributed by atoms with Crippen molar-refractivity contribution < 1.29 is 4.74 Å². The van der Waals surface area contributed by atoms with E-state index in [4.69, 9.17) is 16.3 Å². The van der Waals surface area contributed by atoms with Gasteiger partial charge in [-0.1, -0.05) is 24.4 Å². The summed E-state index contributed by atoms with van der Waals surface area (Å²) in [4.78, 5) is 10.6. The summed E-state index contributed by atoms with van der Waals surface area (Å²) >= 11 is 6.04. The Morgan fingerprint density at radius 3 is 2.74 bits per heavy atom. The van der Waals surface area contributed by atoms with Gasteiger partial charge in [0, 0.05) is 13.1 Å². The summed E-state index contributed by atoms with van der Waals surface area (Å²) < 4.78 is 4.99. The smallest absolute Gasteiger partial charge is 0.318 e. The lowest BCUT2D eigenvalue weighted by molar-refractivity contribution is 0.296. The molecule has 2 rings (SSSR count). The van der Waals surface area contributed by atoms with Gasteiger partial charge in [0.15, 0.2) is 5.82 Å². The maximum absolute atomic E-state index is 6.04. The third kappa shape index (κ3) is 4.51. The Morgan fingerprint density at radius 2 is 2.05 bits per heavy atom. The molecule has 1 aliphatic rings. The van der Waals surface area contributed by atoms with Gasteiger partial charge in [-0.25, -0.2) is 4.98 Å². The van der Waals surface area contributed by atoms with Crippen molar-refractivity contribution in [1.29, 1.82) is 0 Å². The van der Waals surface area contributed by atoms with Crippen molar-refractivity contribution >= 4 is 17.4 Å². The van der Waals surface area contributed by atoms with E-state index in [0.717, 1.165) is 13.1 Å². The van der Waals surface area contributed by atoms with Crippen LogP contribution < -0.4 is 10.1 Å². The van der Waals surface area contributed by atoms with Crippen LogP contribution in [-0.4, -0.2) is 48.2 Å². The van der Waals surface area contributed by atoms with Gasteiger partial charge < -0.3 is 15.0 Å². The van der Waals surface area contributed by atoms with E-state index in [2.05, 4.69) is 20.2 Å². The number of anilines is 1. The molecule has 1 aliphatic heterocycles. The molecule has 0 saturated carbocycles. The molecule has 0 amide bonds. The minimum absolute atomic E-state index is 0.335. The van der Waals surface area contributed by atoms with Gasteiger partial charge in [-0.2, -0.15) is 4.98 Å². The molecule has 0 unspecified atom stereocenters. The molecule has 0 spiro atoms. The number of methoxy groups -OCH3 is 1. The van der Waals surface area contributed by atoms with E-state index in [1.165, 1.54) is 38.8 Å². The van der Waals surface area contributed by atoms with E-state index in [1.54, 1.807) is 13.3 Å². The number of likely N-dealkylation sites (tertiary alicyclic amines) is 1. The second-order valence-corrected chi connectivity index (χ2v) is 5.14. The highest BCUT2D eigenvalue weighted by Gasteiger charge is 2.09. The fourth-order valence-corrected chi connectivity index (χ4v) is 2.42. The lowest BCUT2D eigenvalue weighted by atomic mass is 10.2. The van der Waals surface area contributed by atoms with Crippen molar-refractivity contribution in [2.24, 2.45) is 0 Å². The average molecular weight is 285 g/mol. The van der Waals surface area contributed by atoms with Crippen molar-refractivity contribution in [3.63, 3.8) is 0 Å². The maximum atomic E-state index is 6.04. The van der Waals surface area contributed by atoms with Crippen LogP contribution in [0.4, 0.5) is 5.82 Å². The summed E-state index contributed by atoms with van der Waals surface area (Å²) in [6.45, 7) is 4.24. The van der Waals surface area contributed by atoms with Gasteiger partial charge >= 0.3 is 6.01 Å². The molecule has 2 heterocycles. The Bertz CT molecular complexity index is 394. The Hall–Kier alpha value is -1.07. The van der Waals surface area contributed by atoms with E-state index in [1.807, 2.05) is 0 Å². The van der Waals surface area contributed by atoms with Crippen LogP contribution in [0.1, 0.15) is 25.7 Å².